The van der Waals surface area contributed by atoms with Crippen LogP contribution in [0.3, 0.4) is 0 Å². The number of rotatable bonds is 6. The minimum atomic E-state index is -1.02. The highest BCUT2D eigenvalue weighted by atomic mass is 35.5. The quantitative estimate of drug-likeness (QED) is 0.888. The average Bonchev–Trinajstić information content (AvgIpc) is 2.47. The Morgan fingerprint density at radius 3 is 2.48 bits per heavy atom. The number of hydrogen-bond acceptors (Lipinski definition) is 3. The van der Waals surface area contributed by atoms with E-state index in [1.807, 2.05) is 12.1 Å². The molecule has 4 nitrogen and oxygen atoms in total. The number of methoxy groups -OCH3 is 1. The van der Waals surface area contributed by atoms with Crippen molar-refractivity contribution in [2.24, 2.45) is 0 Å². The summed E-state index contributed by atoms with van der Waals surface area (Å²) in [7, 11) is 1.58. The molecule has 1 atom stereocenters. The van der Waals surface area contributed by atoms with Gasteiger partial charge in [-0.1, -0.05) is 29.8 Å². The van der Waals surface area contributed by atoms with Crippen molar-refractivity contribution in [1.29, 1.82) is 0 Å². The number of carboxylic acid groups (broad SMARTS) is 1. The minimum absolute atomic E-state index is 0.256. The molecule has 2 rings (SSSR count). The summed E-state index contributed by atoms with van der Waals surface area (Å²) in [5, 5.41) is 9.78. The van der Waals surface area contributed by atoms with Gasteiger partial charge in [0.25, 0.3) is 0 Å². The molecule has 0 saturated carbocycles. The van der Waals surface area contributed by atoms with Crippen LogP contribution in [-0.4, -0.2) is 24.3 Å². The van der Waals surface area contributed by atoms with Gasteiger partial charge in [-0.25, -0.2) is 4.79 Å². The maximum atomic E-state index is 11.3. The Hall–Kier alpha value is -2.20. The molecule has 0 saturated heterocycles. The molecule has 110 valence electrons. The maximum Gasteiger partial charge on any atom is 0.345 e. The first kappa shape index (κ1) is 15.2. The second-order valence-electron chi connectivity index (χ2n) is 4.45. The lowest BCUT2D eigenvalue weighted by atomic mass is 10.1. The molecule has 2 aromatic rings. The summed E-state index contributed by atoms with van der Waals surface area (Å²) in [5.74, 6) is 0.135. The van der Waals surface area contributed by atoms with E-state index in [1.165, 1.54) is 0 Å². The molecule has 0 spiro atoms. The van der Waals surface area contributed by atoms with Gasteiger partial charge >= 0.3 is 5.97 Å². The predicted molar refractivity (Wildman–Crippen MR) is 80.2 cm³/mol. The van der Waals surface area contributed by atoms with Crippen LogP contribution in [0.4, 0.5) is 0 Å². The summed E-state index contributed by atoms with van der Waals surface area (Å²) < 4.78 is 10.6. The van der Waals surface area contributed by atoms with Crippen molar-refractivity contribution in [2.45, 2.75) is 12.5 Å². The molecule has 0 aliphatic heterocycles. The third-order valence-corrected chi connectivity index (χ3v) is 3.17. The van der Waals surface area contributed by atoms with Crippen molar-refractivity contribution >= 4 is 17.6 Å². The summed E-state index contributed by atoms with van der Waals surface area (Å²) in [6, 6.07) is 13.9. The number of ether oxygens (including phenoxy) is 2. The topological polar surface area (TPSA) is 55.8 Å². The standard InChI is InChI=1S/C16H15ClO4/c1-20-13-7-5-11(6-8-13)9-15(16(18)19)21-14-4-2-3-12(17)10-14/h2-8,10,15H,9H2,1H3,(H,18,19). The van der Waals surface area contributed by atoms with Crippen LogP contribution in [0.25, 0.3) is 0 Å². The van der Waals surface area contributed by atoms with E-state index in [2.05, 4.69) is 0 Å². The van der Waals surface area contributed by atoms with Crippen molar-refractivity contribution in [3.63, 3.8) is 0 Å². The largest absolute Gasteiger partial charge is 0.497 e. The van der Waals surface area contributed by atoms with E-state index >= 15 is 0 Å². The second-order valence-corrected chi connectivity index (χ2v) is 4.89. The molecule has 2 aromatic carbocycles. The molecule has 0 aliphatic carbocycles. The zero-order chi connectivity index (χ0) is 15.2. The van der Waals surface area contributed by atoms with E-state index in [-0.39, 0.29) is 6.42 Å². The van der Waals surface area contributed by atoms with Gasteiger partial charge in [-0.15, -0.1) is 0 Å². The van der Waals surface area contributed by atoms with Gasteiger partial charge < -0.3 is 14.6 Å². The number of hydrogen-bond donors (Lipinski definition) is 1. The van der Waals surface area contributed by atoms with Crippen LogP contribution in [0, 0.1) is 0 Å². The predicted octanol–water partition coefficient (Wildman–Crippen LogP) is 3.42. The van der Waals surface area contributed by atoms with Crippen LogP contribution < -0.4 is 9.47 Å². The van der Waals surface area contributed by atoms with E-state index in [0.29, 0.717) is 10.8 Å². The van der Waals surface area contributed by atoms with Gasteiger partial charge in [0, 0.05) is 11.4 Å². The summed E-state index contributed by atoms with van der Waals surface area (Å²) in [6.45, 7) is 0. The third kappa shape index (κ3) is 4.39. The van der Waals surface area contributed by atoms with Crippen LogP contribution in [0.5, 0.6) is 11.5 Å². The van der Waals surface area contributed by atoms with E-state index in [4.69, 9.17) is 21.1 Å². The fourth-order valence-corrected chi connectivity index (χ4v) is 2.04. The van der Waals surface area contributed by atoms with Crippen LogP contribution >= 0.6 is 11.6 Å². The Kier molecular flexibility index (Phi) is 5.06. The fourth-order valence-electron chi connectivity index (χ4n) is 1.86. The fraction of sp³-hybridized carbons (Fsp3) is 0.188. The van der Waals surface area contributed by atoms with Crippen LogP contribution in [0.15, 0.2) is 48.5 Å². The van der Waals surface area contributed by atoms with Gasteiger partial charge in [0.15, 0.2) is 6.10 Å². The lowest BCUT2D eigenvalue weighted by molar-refractivity contribution is -0.145. The molecular formula is C16H15ClO4. The molecule has 1 unspecified atom stereocenters. The number of carbonyl (C=O) groups is 1. The molecule has 0 aliphatic rings. The molecule has 5 heteroatoms. The van der Waals surface area contributed by atoms with Crippen molar-refractivity contribution in [2.75, 3.05) is 7.11 Å². The summed E-state index contributed by atoms with van der Waals surface area (Å²) in [6.07, 6.45) is -0.719. The first-order valence-corrected chi connectivity index (χ1v) is 6.74. The molecule has 0 heterocycles. The highest BCUT2D eigenvalue weighted by Gasteiger charge is 2.20. The van der Waals surface area contributed by atoms with Crippen molar-refractivity contribution in [1.82, 2.24) is 0 Å². The Labute approximate surface area is 127 Å². The molecule has 0 fully saturated rings. The molecule has 0 aromatic heterocycles. The van der Waals surface area contributed by atoms with Gasteiger partial charge in [0.2, 0.25) is 0 Å². The van der Waals surface area contributed by atoms with Crippen LogP contribution in [0.2, 0.25) is 5.02 Å². The van der Waals surface area contributed by atoms with Gasteiger partial charge in [0.05, 0.1) is 7.11 Å². The summed E-state index contributed by atoms with van der Waals surface area (Å²) in [4.78, 5) is 11.3. The second kappa shape index (κ2) is 6.99. The number of aliphatic carboxylic acids is 1. The van der Waals surface area contributed by atoms with Crippen LogP contribution in [-0.2, 0) is 11.2 Å². The zero-order valence-electron chi connectivity index (χ0n) is 11.5. The van der Waals surface area contributed by atoms with Gasteiger partial charge in [0.1, 0.15) is 11.5 Å². The maximum absolute atomic E-state index is 11.3. The Morgan fingerprint density at radius 1 is 1.19 bits per heavy atom. The molecule has 0 amide bonds. The molecule has 21 heavy (non-hydrogen) atoms. The van der Waals surface area contributed by atoms with Crippen molar-refractivity contribution in [3.8, 4) is 11.5 Å². The highest BCUT2D eigenvalue weighted by molar-refractivity contribution is 6.30. The van der Waals surface area contributed by atoms with E-state index in [9.17, 15) is 9.90 Å². The van der Waals surface area contributed by atoms with E-state index < -0.39 is 12.1 Å². The number of halogens is 1. The lowest BCUT2D eigenvalue weighted by Crippen LogP contribution is -2.29. The van der Waals surface area contributed by atoms with E-state index in [1.54, 1.807) is 43.5 Å². The average molecular weight is 307 g/mol. The highest BCUT2D eigenvalue weighted by Crippen LogP contribution is 2.20. The van der Waals surface area contributed by atoms with Gasteiger partial charge in [-0.2, -0.15) is 0 Å². The van der Waals surface area contributed by atoms with Gasteiger partial charge in [-0.05, 0) is 35.9 Å². The Bertz CT molecular complexity index is 610. The summed E-state index contributed by atoms with van der Waals surface area (Å²) in [5.41, 5.74) is 0.852. The van der Waals surface area contributed by atoms with Gasteiger partial charge in [-0.3, -0.25) is 0 Å². The first-order chi connectivity index (χ1) is 10.1. The van der Waals surface area contributed by atoms with Crippen LogP contribution in [0.1, 0.15) is 5.56 Å². The van der Waals surface area contributed by atoms with Crippen molar-refractivity contribution < 1.29 is 19.4 Å². The van der Waals surface area contributed by atoms with E-state index in [0.717, 1.165) is 11.3 Å². The lowest BCUT2D eigenvalue weighted by Gasteiger charge is -2.15. The van der Waals surface area contributed by atoms with Crippen molar-refractivity contribution in [3.05, 3.63) is 59.1 Å². The number of carboxylic acids is 1. The smallest absolute Gasteiger partial charge is 0.345 e. The molecule has 0 bridgehead atoms. The zero-order valence-corrected chi connectivity index (χ0v) is 12.2. The SMILES string of the molecule is COc1ccc(CC(Oc2cccc(Cl)c2)C(=O)O)cc1. The molecular weight excluding hydrogens is 292 g/mol. The minimum Gasteiger partial charge on any atom is -0.497 e. The Morgan fingerprint density at radius 2 is 1.90 bits per heavy atom. The monoisotopic (exact) mass is 306 g/mol. The third-order valence-electron chi connectivity index (χ3n) is 2.93. The molecule has 1 N–H and O–H groups in total. The number of benzene rings is 2. The first-order valence-electron chi connectivity index (χ1n) is 6.36. The normalized spacial score (nSPS) is 11.7. The Balaban J connectivity index is 2.10. The summed E-state index contributed by atoms with van der Waals surface area (Å²) >= 11 is 5.86. The molecule has 0 radical (unpaired) electrons.